The van der Waals surface area contributed by atoms with Crippen molar-refractivity contribution >= 4 is 38.2 Å². The Morgan fingerprint density at radius 2 is 2.15 bits per heavy atom. The lowest BCUT2D eigenvalue weighted by atomic mass is 10.1. The summed E-state index contributed by atoms with van der Waals surface area (Å²) in [6.45, 7) is 4.20. The van der Waals surface area contributed by atoms with Crippen molar-refractivity contribution in [1.29, 1.82) is 0 Å². The minimum atomic E-state index is -3.11. The van der Waals surface area contributed by atoms with Crippen molar-refractivity contribution < 1.29 is 13.2 Å². The van der Waals surface area contributed by atoms with Crippen molar-refractivity contribution in [2.45, 2.75) is 32.9 Å². The van der Waals surface area contributed by atoms with Gasteiger partial charge in [-0.25, -0.2) is 13.4 Å². The van der Waals surface area contributed by atoms with E-state index in [0.717, 1.165) is 0 Å². The lowest BCUT2D eigenvalue weighted by Gasteiger charge is -2.30. The number of hydrogen-bond donors (Lipinski definition) is 0. The zero-order valence-corrected chi connectivity index (χ0v) is 16.8. The predicted octanol–water partition coefficient (Wildman–Crippen LogP) is 1.72. The second-order valence-electron chi connectivity index (χ2n) is 7.34. The minimum Gasteiger partial charge on any atom is -0.337 e. The summed E-state index contributed by atoms with van der Waals surface area (Å²) in [5, 5.41) is 0.764. The molecule has 146 valence electrons. The fraction of sp³-hybridized carbons (Fsp3) is 0.500. The van der Waals surface area contributed by atoms with Gasteiger partial charge < -0.3 is 4.90 Å². The van der Waals surface area contributed by atoms with E-state index >= 15 is 0 Å². The number of rotatable bonds is 5. The van der Waals surface area contributed by atoms with Crippen molar-refractivity contribution in [3.8, 4) is 0 Å². The monoisotopic (exact) mass is 411 g/mol. The maximum atomic E-state index is 12.9. The van der Waals surface area contributed by atoms with E-state index in [1.165, 1.54) is 17.0 Å². The van der Waals surface area contributed by atoms with Gasteiger partial charge in [-0.1, -0.05) is 25.4 Å². The molecule has 27 heavy (non-hydrogen) atoms. The van der Waals surface area contributed by atoms with Gasteiger partial charge in [0.2, 0.25) is 5.91 Å². The number of halogens is 1. The highest BCUT2D eigenvalue weighted by Gasteiger charge is 2.34. The van der Waals surface area contributed by atoms with E-state index in [-0.39, 0.29) is 41.5 Å². The van der Waals surface area contributed by atoms with E-state index in [9.17, 15) is 18.0 Å². The van der Waals surface area contributed by atoms with Gasteiger partial charge in [0.1, 0.15) is 6.54 Å². The third-order valence-electron chi connectivity index (χ3n) is 4.62. The third-order valence-corrected chi connectivity index (χ3v) is 6.61. The molecule has 1 fully saturated rings. The molecule has 0 saturated carbocycles. The smallest absolute Gasteiger partial charge is 0.261 e. The summed E-state index contributed by atoms with van der Waals surface area (Å²) in [4.78, 5) is 31.4. The molecular formula is C18H22ClN3O4S. The van der Waals surface area contributed by atoms with Crippen LogP contribution < -0.4 is 5.56 Å². The average Bonchev–Trinajstić information content (AvgIpc) is 2.95. The molecule has 1 saturated heterocycles. The summed E-state index contributed by atoms with van der Waals surface area (Å²) < 4.78 is 24.9. The number of nitrogens with zero attached hydrogens (tertiary/aromatic N) is 3. The molecular weight excluding hydrogens is 390 g/mol. The van der Waals surface area contributed by atoms with Crippen LogP contribution in [0.1, 0.15) is 20.3 Å². The Balaban J connectivity index is 1.88. The molecule has 1 atom stereocenters. The molecule has 0 spiro atoms. The van der Waals surface area contributed by atoms with Crippen molar-refractivity contribution in [2.75, 3.05) is 18.1 Å². The summed E-state index contributed by atoms with van der Waals surface area (Å²) in [5.41, 5.74) is 0.161. The van der Waals surface area contributed by atoms with Gasteiger partial charge in [0.25, 0.3) is 5.56 Å². The Kier molecular flexibility index (Phi) is 5.58. The topological polar surface area (TPSA) is 89.3 Å². The maximum Gasteiger partial charge on any atom is 0.261 e. The number of amides is 1. The molecule has 0 N–H and O–H groups in total. The molecule has 0 unspecified atom stereocenters. The largest absolute Gasteiger partial charge is 0.337 e. The zero-order valence-electron chi connectivity index (χ0n) is 15.3. The van der Waals surface area contributed by atoms with Gasteiger partial charge in [0.15, 0.2) is 9.84 Å². The predicted molar refractivity (Wildman–Crippen MR) is 105 cm³/mol. The van der Waals surface area contributed by atoms with Crippen LogP contribution in [0.2, 0.25) is 5.02 Å². The van der Waals surface area contributed by atoms with Gasteiger partial charge in [-0.05, 0) is 30.5 Å². The standard InChI is InChI=1S/C18H22ClN3O4S/c1-12(2)8-22(14-5-6-27(25,26)10-14)17(23)9-21-11-20-16-4-3-13(19)7-15(16)18(21)24/h3-4,7,11-12,14H,5-6,8-10H2,1-2H3/t14-/m1/s1. The summed E-state index contributed by atoms with van der Waals surface area (Å²) >= 11 is 5.96. The number of carbonyl (C=O) groups excluding carboxylic acids is 1. The van der Waals surface area contributed by atoms with Crippen molar-refractivity contribution in [2.24, 2.45) is 5.92 Å². The van der Waals surface area contributed by atoms with Gasteiger partial charge >= 0.3 is 0 Å². The summed E-state index contributed by atoms with van der Waals surface area (Å²) in [7, 11) is -3.11. The first-order valence-corrected chi connectivity index (χ1v) is 11.0. The van der Waals surface area contributed by atoms with Crippen LogP contribution in [0.3, 0.4) is 0 Å². The van der Waals surface area contributed by atoms with E-state index in [1.807, 2.05) is 13.8 Å². The molecule has 0 radical (unpaired) electrons. The van der Waals surface area contributed by atoms with Crippen LogP contribution in [0.4, 0.5) is 0 Å². The number of fused-ring (bicyclic) bond motifs is 1. The number of benzene rings is 1. The van der Waals surface area contributed by atoms with Crippen molar-refractivity contribution in [3.63, 3.8) is 0 Å². The Morgan fingerprint density at radius 3 is 2.78 bits per heavy atom. The SMILES string of the molecule is CC(C)CN(C(=O)Cn1cnc2ccc(Cl)cc2c1=O)[C@@H]1CCS(=O)(=O)C1. The minimum absolute atomic E-state index is 0.0219. The van der Waals surface area contributed by atoms with Crippen molar-refractivity contribution in [1.82, 2.24) is 14.5 Å². The van der Waals surface area contributed by atoms with Gasteiger partial charge in [0.05, 0.1) is 28.7 Å². The fourth-order valence-electron chi connectivity index (χ4n) is 3.35. The molecule has 1 amide bonds. The van der Waals surface area contributed by atoms with Gasteiger partial charge in [0, 0.05) is 17.6 Å². The highest BCUT2D eigenvalue weighted by molar-refractivity contribution is 7.91. The third kappa shape index (κ3) is 4.50. The van der Waals surface area contributed by atoms with Crippen LogP contribution in [0.25, 0.3) is 10.9 Å². The van der Waals surface area contributed by atoms with E-state index < -0.39 is 9.84 Å². The van der Waals surface area contributed by atoms with Crippen LogP contribution in [-0.2, 0) is 21.2 Å². The number of carbonyl (C=O) groups is 1. The van der Waals surface area contributed by atoms with E-state index in [4.69, 9.17) is 11.6 Å². The highest BCUT2D eigenvalue weighted by Crippen LogP contribution is 2.20. The van der Waals surface area contributed by atoms with Crippen LogP contribution in [0.15, 0.2) is 29.3 Å². The summed E-state index contributed by atoms with van der Waals surface area (Å²) in [5.74, 6) is -0.0276. The Labute approximate surface area is 162 Å². The molecule has 3 rings (SSSR count). The molecule has 1 aromatic carbocycles. The Bertz CT molecular complexity index is 1030. The summed E-state index contributed by atoms with van der Waals surface area (Å²) in [6.07, 6.45) is 1.77. The molecule has 7 nitrogen and oxygen atoms in total. The first kappa shape index (κ1) is 19.8. The first-order chi connectivity index (χ1) is 12.7. The number of aromatic nitrogens is 2. The van der Waals surface area contributed by atoms with E-state index in [0.29, 0.717) is 28.9 Å². The van der Waals surface area contributed by atoms with E-state index in [1.54, 1.807) is 17.0 Å². The molecule has 0 bridgehead atoms. The Hall–Kier alpha value is -1.93. The van der Waals surface area contributed by atoms with Gasteiger partial charge in [-0.3, -0.25) is 14.2 Å². The zero-order chi connectivity index (χ0) is 19.8. The Morgan fingerprint density at radius 1 is 1.41 bits per heavy atom. The molecule has 1 aromatic heterocycles. The van der Waals surface area contributed by atoms with Crippen LogP contribution in [0, 0.1) is 5.92 Å². The second-order valence-corrected chi connectivity index (χ2v) is 10.0. The normalized spacial score (nSPS) is 18.9. The van der Waals surface area contributed by atoms with Crippen LogP contribution in [-0.4, -0.2) is 52.9 Å². The molecule has 1 aliphatic rings. The van der Waals surface area contributed by atoms with Crippen molar-refractivity contribution in [3.05, 3.63) is 39.9 Å². The maximum absolute atomic E-state index is 12.9. The molecule has 0 aliphatic carbocycles. The number of sulfone groups is 1. The molecule has 9 heteroatoms. The molecule has 1 aliphatic heterocycles. The van der Waals surface area contributed by atoms with Gasteiger partial charge in [-0.15, -0.1) is 0 Å². The van der Waals surface area contributed by atoms with Crippen LogP contribution in [0.5, 0.6) is 0 Å². The molecule has 2 aromatic rings. The molecule has 2 heterocycles. The second kappa shape index (κ2) is 7.59. The van der Waals surface area contributed by atoms with E-state index in [2.05, 4.69) is 4.98 Å². The average molecular weight is 412 g/mol. The quantitative estimate of drug-likeness (QED) is 0.747. The first-order valence-electron chi connectivity index (χ1n) is 8.81. The lowest BCUT2D eigenvalue weighted by Crippen LogP contribution is -2.45. The van der Waals surface area contributed by atoms with Crippen LogP contribution >= 0.6 is 11.6 Å². The number of hydrogen-bond acceptors (Lipinski definition) is 5. The lowest BCUT2D eigenvalue weighted by molar-refractivity contribution is -0.134. The highest BCUT2D eigenvalue weighted by atomic mass is 35.5. The fourth-order valence-corrected chi connectivity index (χ4v) is 5.25. The van der Waals surface area contributed by atoms with Gasteiger partial charge in [-0.2, -0.15) is 0 Å². The summed E-state index contributed by atoms with van der Waals surface area (Å²) in [6, 6.07) is 4.49.